The molecule has 0 bridgehead atoms. The van der Waals surface area contributed by atoms with Gasteiger partial charge in [0, 0.05) is 18.5 Å². The lowest BCUT2D eigenvalue weighted by molar-refractivity contribution is -0.145. The van der Waals surface area contributed by atoms with Crippen molar-refractivity contribution in [3.05, 3.63) is 59.4 Å². The Labute approximate surface area is 319 Å². The van der Waals surface area contributed by atoms with Crippen LogP contribution in [0.2, 0.25) is 0 Å². The molecule has 1 aliphatic heterocycles. The van der Waals surface area contributed by atoms with Gasteiger partial charge in [-0.15, -0.1) is 5.10 Å². The average Bonchev–Trinajstić information content (AvgIpc) is 3.86. The Hall–Kier alpha value is -5.18. The largest absolute Gasteiger partial charge is 0.465 e. The Morgan fingerprint density at radius 2 is 1.60 bits per heavy atom. The van der Waals surface area contributed by atoms with E-state index in [1.807, 2.05) is 0 Å². The molecule has 5 N–H and O–H groups in total. The van der Waals surface area contributed by atoms with Crippen LogP contribution < -0.4 is 16.4 Å². The number of rotatable bonds is 12. The van der Waals surface area contributed by atoms with Crippen LogP contribution >= 0.6 is 0 Å². The number of aliphatic hydroxyl groups is 1. The summed E-state index contributed by atoms with van der Waals surface area (Å²) in [7, 11) is 1.31. The summed E-state index contributed by atoms with van der Waals surface area (Å²) in [6.07, 6.45) is 9.33. The number of esters is 1. The summed E-state index contributed by atoms with van der Waals surface area (Å²) >= 11 is 0. The van der Waals surface area contributed by atoms with E-state index in [0.717, 1.165) is 43.9 Å². The van der Waals surface area contributed by atoms with Crippen LogP contribution in [0.15, 0.2) is 42.6 Å². The number of likely N-dealkylation sites (tertiary alicyclic amines) is 1. The van der Waals surface area contributed by atoms with Crippen LogP contribution in [-0.2, 0) is 29.5 Å². The Bertz CT molecular complexity index is 1960. The first-order valence-corrected chi connectivity index (χ1v) is 19.2. The Balaban J connectivity index is 1.32. The van der Waals surface area contributed by atoms with E-state index in [9.17, 15) is 33.9 Å². The number of benzene rings is 2. The van der Waals surface area contributed by atoms with Crippen LogP contribution in [0.4, 0.5) is 0 Å². The molecule has 4 amide bonds. The average molecular weight is 758 g/mol. The van der Waals surface area contributed by atoms with Crippen molar-refractivity contribution >= 4 is 46.2 Å². The third-order valence-electron chi connectivity index (χ3n) is 11.6. The van der Waals surface area contributed by atoms with Crippen molar-refractivity contribution in [2.24, 2.45) is 11.7 Å². The molecule has 55 heavy (non-hydrogen) atoms. The van der Waals surface area contributed by atoms with Gasteiger partial charge in [-0.1, -0.05) is 68.7 Å². The standard InChI is InChI=1S/C40H51N7O8/c1-39(2,54)32-22-42-45-47(32)29-21-31(36(51)44-40(33(48)34(41)49)16-8-5-9-17-40)46(23-29)37(52)30(18-24-10-6-4-7-11-24)43-35(50)27-14-12-26-20-28(38(53)55-3)15-13-25(26)19-27/h12-15,19-20,22,24,29-31,54H,4-11,16-18,21,23H2,1-3H3,(H2,41,49)(H,43,50)(H,44,51)/t29-,30?,31-/m0/s1. The highest BCUT2D eigenvalue weighted by Crippen LogP contribution is 2.35. The minimum atomic E-state index is -1.48. The number of amides is 4. The first kappa shape index (κ1) is 39.5. The number of nitrogens with zero attached hydrogens (tertiary/aromatic N) is 4. The van der Waals surface area contributed by atoms with Crippen molar-refractivity contribution in [1.29, 1.82) is 0 Å². The molecule has 2 aliphatic carbocycles. The molecule has 1 aromatic heterocycles. The molecule has 294 valence electrons. The molecule has 3 atom stereocenters. The molecule has 2 aromatic carbocycles. The fourth-order valence-electron chi connectivity index (χ4n) is 8.60. The van der Waals surface area contributed by atoms with E-state index in [4.69, 9.17) is 10.5 Å². The number of carbonyl (C=O) groups excluding carboxylic acids is 6. The van der Waals surface area contributed by atoms with E-state index in [-0.39, 0.29) is 31.7 Å². The number of primary amides is 1. The molecular formula is C40H51N7O8. The van der Waals surface area contributed by atoms with Gasteiger partial charge in [0.05, 0.1) is 30.6 Å². The fraction of sp³-hybridized carbons (Fsp3) is 0.550. The van der Waals surface area contributed by atoms with Gasteiger partial charge in [0.2, 0.25) is 17.6 Å². The second-order valence-electron chi connectivity index (χ2n) is 15.9. The summed E-state index contributed by atoms with van der Waals surface area (Å²) < 4.78 is 6.36. The smallest absolute Gasteiger partial charge is 0.337 e. The second kappa shape index (κ2) is 16.3. The predicted octanol–water partition coefficient (Wildman–Crippen LogP) is 3.23. The molecule has 6 rings (SSSR count). The number of hydrogen-bond acceptors (Lipinski definition) is 10. The summed E-state index contributed by atoms with van der Waals surface area (Å²) in [5.41, 5.74) is 3.73. The number of nitrogens with one attached hydrogen (secondary N) is 2. The number of ether oxygens (including phenoxy) is 1. The zero-order valence-corrected chi connectivity index (χ0v) is 31.7. The second-order valence-corrected chi connectivity index (χ2v) is 15.9. The molecule has 1 unspecified atom stereocenters. The number of ketones is 1. The predicted molar refractivity (Wildman–Crippen MR) is 200 cm³/mol. The van der Waals surface area contributed by atoms with Gasteiger partial charge < -0.3 is 31.1 Å². The minimum Gasteiger partial charge on any atom is -0.465 e. The third kappa shape index (κ3) is 8.56. The first-order valence-electron chi connectivity index (χ1n) is 19.2. The summed E-state index contributed by atoms with van der Waals surface area (Å²) in [5.74, 6) is -3.86. The monoisotopic (exact) mass is 757 g/mol. The van der Waals surface area contributed by atoms with E-state index >= 15 is 0 Å². The van der Waals surface area contributed by atoms with E-state index in [1.165, 1.54) is 22.9 Å². The third-order valence-corrected chi connectivity index (χ3v) is 11.6. The van der Waals surface area contributed by atoms with E-state index < -0.39 is 64.6 Å². The lowest BCUT2D eigenvalue weighted by Crippen LogP contribution is -2.62. The molecule has 15 heteroatoms. The number of Topliss-reactive ketones (excluding diaryl/α,β-unsaturated/α-hetero) is 1. The molecule has 15 nitrogen and oxygen atoms in total. The first-order chi connectivity index (χ1) is 26.2. The van der Waals surface area contributed by atoms with Crippen molar-refractivity contribution in [2.45, 2.75) is 120 Å². The van der Waals surface area contributed by atoms with Crippen molar-refractivity contribution in [3.8, 4) is 0 Å². The minimum absolute atomic E-state index is 0.00959. The maximum atomic E-state index is 14.9. The van der Waals surface area contributed by atoms with Crippen LogP contribution in [0, 0.1) is 5.92 Å². The van der Waals surface area contributed by atoms with Crippen molar-refractivity contribution in [1.82, 2.24) is 30.5 Å². The maximum Gasteiger partial charge on any atom is 0.337 e. The van der Waals surface area contributed by atoms with Crippen LogP contribution in [0.1, 0.15) is 123 Å². The summed E-state index contributed by atoms with van der Waals surface area (Å²) in [5, 5.41) is 26.5. The molecule has 1 saturated heterocycles. The Morgan fingerprint density at radius 3 is 2.24 bits per heavy atom. The van der Waals surface area contributed by atoms with E-state index in [0.29, 0.717) is 41.5 Å². The topological polar surface area (TPSA) is 216 Å². The number of methoxy groups -OCH3 is 1. The van der Waals surface area contributed by atoms with E-state index in [1.54, 1.807) is 50.2 Å². The van der Waals surface area contributed by atoms with E-state index in [2.05, 4.69) is 20.9 Å². The van der Waals surface area contributed by atoms with Gasteiger partial charge in [0.1, 0.15) is 23.2 Å². The molecule has 3 aromatic rings. The molecule has 0 spiro atoms. The molecule has 2 saturated carbocycles. The SMILES string of the molecule is COC(=O)c1ccc2cc(C(=O)NC(CC3CCCCC3)C(=O)N3C[C@@H](n4nncc4C(C)(C)O)C[C@H]3C(=O)NC3(C(=O)C(N)=O)CCCCC3)ccc2c1. The molecule has 2 heterocycles. The fourth-order valence-corrected chi connectivity index (χ4v) is 8.60. The summed E-state index contributed by atoms with van der Waals surface area (Å²) in [4.78, 5) is 82.2. The van der Waals surface area contributed by atoms with Gasteiger partial charge in [0.25, 0.3) is 11.8 Å². The Morgan fingerprint density at radius 1 is 0.964 bits per heavy atom. The number of aromatic nitrogens is 3. The van der Waals surface area contributed by atoms with Crippen LogP contribution in [0.25, 0.3) is 10.8 Å². The number of hydrogen-bond donors (Lipinski definition) is 4. The molecule has 0 radical (unpaired) electrons. The van der Waals surface area contributed by atoms with Crippen molar-refractivity contribution < 1.29 is 38.6 Å². The zero-order valence-electron chi connectivity index (χ0n) is 31.7. The lowest BCUT2D eigenvalue weighted by Gasteiger charge is -2.38. The molecular weight excluding hydrogens is 706 g/mol. The summed E-state index contributed by atoms with van der Waals surface area (Å²) in [6, 6.07) is 7.39. The van der Waals surface area contributed by atoms with Gasteiger partial charge >= 0.3 is 5.97 Å². The number of nitrogens with two attached hydrogens (primary N) is 1. The van der Waals surface area contributed by atoms with Crippen molar-refractivity contribution in [2.75, 3.05) is 13.7 Å². The van der Waals surface area contributed by atoms with Crippen molar-refractivity contribution in [3.63, 3.8) is 0 Å². The van der Waals surface area contributed by atoms with Crippen LogP contribution in [0.3, 0.4) is 0 Å². The van der Waals surface area contributed by atoms with Gasteiger partial charge in [-0.2, -0.15) is 0 Å². The maximum absolute atomic E-state index is 14.9. The zero-order chi connectivity index (χ0) is 39.5. The summed E-state index contributed by atoms with van der Waals surface area (Å²) in [6.45, 7) is 3.19. The lowest BCUT2D eigenvalue weighted by atomic mass is 9.78. The highest BCUT2D eigenvalue weighted by atomic mass is 16.5. The van der Waals surface area contributed by atoms with Crippen LogP contribution in [-0.4, -0.2) is 91.7 Å². The van der Waals surface area contributed by atoms with Gasteiger partial charge in [-0.3, -0.25) is 24.0 Å². The molecule has 3 fully saturated rings. The highest BCUT2D eigenvalue weighted by molar-refractivity contribution is 6.39. The number of fused-ring (bicyclic) bond motifs is 1. The quantitative estimate of drug-likeness (QED) is 0.156. The normalized spacial score (nSPS) is 20.8. The molecule has 3 aliphatic rings. The van der Waals surface area contributed by atoms with Gasteiger partial charge in [0.15, 0.2) is 0 Å². The van der Waals surface area contributed by atoms with Gasteiger partial charge in [-0.25, -0.2) is 9.48 Å². The van der Waals surface area contributed by atoms with Crippen LogP contribution in [0.5, 0.6) is 0 Å². The number of carbonyl (C=O) groups is 6. The van der Waals surface area contributed by atoms with Gasteiger partial charge in [-0.05, 0) is 74.1 Å². The Kier molecular flexibility index (Phi) is 11.7. The highest BCUT2D eigenvalue weighted by Gasteiger charge is 2.49.